The Labute approximate surface area is 88.2 Å². The second kappa shape index (κ2) is 3.75. The van der Waals surface area contributed by atoms with Gasteiger partial charge in [-0.25, -0.2) is 0 Å². The Balaban J connectivity index is 3.38. The number of hydrogen-bond donors (Lipinski definition) is 1. The number of carbonyl (C=O) groups excluding carboxylic acids is 1. The van der Waals surface area contributed by atoms with Crippen molar-refractivity contribution in [3.05, 3.63) is 37.8 Å². The highest BCUT2D eigenvalue weighted by molar-refractivity contribution is 9.10. The fraction of sp³-hybridized carbons (Fsp3) is 0.125. The first-order chi connectivity index (χ1) is 6.43. The summed E-state index contributed by atoms with van der Waals surface area (Å²) < 4.78 is 0.252. The average molecular weight is 259 g/mol. The van der Waals surface area contributed by atoms with Crippen LogP contribution in [0.2, 0.25) is 0 Å². The molecule has 0 spiro atoms. The molecule has 0 saturated heterocycles. The van der Waals surface area contributed by atoms with Crippen LogP contribution in [0.15, 0.2) is 16.6 Å². The van der Waals surface area contributed by atoms with Crippen molar-refractivity contribution in [1.82, 2.24) is 0 Å². The first-order valence-electron chi connectivity index (χ1n) is 3.68. The van der Waals surface area contributed by atoms with E-state index >= 15 is 0 Å². The minimum atomic E-state index is -0.599. The highest BCUT2D eigenvalue weighted by Gasteiger charge is 2.16. The first kappa shape index (κ1) is 10.6. The van der Waals surface area contributed by atoms with Gasteiger partial charge < -0.3 is 5.73 Å². The molecule has 2 N–H and O–H groups in total. The second-order valence-corrected chi connectivity index (χ2v) is 3.59. The Kier molecular flexibility index (Phi) is 2.85. The molecule has 0 saturated carbocycles. The van der Waals surface area contributed by atoms with E-state index in [0.717, 1.165) is 0 Å². The molecule has 1 aromatic carbocycles. The molecule has 0 aliphatic carbocycles. The van der Waals surface area contributed by atoms with Crippen molar-refractivity contribution in [3.8, 4) is 0 Å². The van der Waals surface area contributed by atoms with E-state index < -0.39 is 10.8 Å². The lowest BCUT2D eigenvalue weighted by atomic mass is 10.1. The van der Waals surface area contributed by atoms with Crippen molar-refractivity contribution in [2.75, 3.05) is 0 Å². The Bertz CT molecular complexity index is 378. The van der Waals surface area contributed by atoms with Crippen LogP contribution in [0.4, 0.5) is 5.69 Å². The Morgan fingerprint density at radius 1 is 1.57 bits per heavy atom. The molecule has 74 valence electrons. The summed E-state index contributed by atoms with van der Waals surface area (Å²) in [6.07, 6.45) is 0. The van der Waals surface area contributed by atoms with E-state index in [4.69, 9.17) is 5.73 Å². The average Bonchev–Trinajstić information content (AvgIpc) is 2.07. The molecule has 0 atom stereocenters. The van der Waals surface area contributed by atoms with Crippen LogP contribution in [0, 0.1) is 17.0 Å². The lowest BCUT2D eigenvalue weighted by molar-refractivity contribution is -0.385. The van der Waals surface area contributed by atoms with Crippen LogP contribution >= 0.6 is 15.9 Å². The van der Waals surface area contributed by atoms with Crippen LogP contribution in [0.1, 0.15) is 15.9 Å². The zero-order chi connectivity index (χ0) is 10.9. The van der Waals surface area contributed by atoms with Crippen molar-refractivity contribution < 1.29 is 9.72 Å². The van der Waals surface area contributed by atoms with Crippen LogP contribution in [0.3, 0.4) is 0 Å². The Morgan fingerprint density at radius 2 is 2.14 bits per heavy atom. The maximum atomic E-state index is 10.9. The molecular weight excluding hydrogens is 252 g/mol. The largest absolute Gasteiger partial charge is 0.366 e. The van der Waals surface area contributed by atoms with Gasteiger partial charge in [-0.1, -0.05) is 0 Å². The fourth-order valence-corrected chi connectivity index (χ4v) is 1.56. The Hall–Kier alpha value is -1.43. The molecular formula is C8H7BrN2O3. The molecule has 1 aromatic rings. The molecule has 0 unspecified atom stereocenters. The van der Waals surface area contributed by atoms with Crippen molar-refractivity contribution >= 4 is 27.5 Å². The van der Waals surface area contributed by atoms with E-state index in [2.05, 4.69) is 15.9 Å². The fourth-order valence-electron chi connectivity index (χ4n) is 1.07. The number of carbonyl (C=O) groups is 1. The molecule has 1 amide bonds. The van der Waals surface area contributed by atoms with Gasteiger partial charge in [0.05, 0.1) is 9.40 Å². The first-order valence-corrected chi connectivity index (χ1v) is 4.47. The van der Waals surface area contributed by atoms with Crippen LogP contribution in [0.25, 0.3) is 0 Å². The number of halogens is 1. The van der Waals surface area contributed by atoms with E-state index in [-0.39, 0.29) is 15.7 Å². The standard InChI is InChI=1S/C8H7BrN2O3/c1-4-2-7(11(13)14)6(9)3-5(4)8(10)12/h2-3H,1H3,(H2,10,12). The molecule has 14 heavy (non-hydrogen) atoms. The molecule has 0 radical (unpaired) electrons. The molecule has 0 bridgehead atoms. The van der Waals surface area contributed by atoms with E-state index in [9.17, 15) is 14.9 Å². The third-order valence-electron chi connectivity index (χ3n) is 1.76. The van der Waals surface area contributed by atoms with Gasteiger partial charge in [-0.15, -0.1) is 0 Å². The Morgan fingerprint density at radius 3 is 2.57 bits per heavy atom. The third kappa shape index (κ3) is 1.90. The van der Waals surface area contributed by atoms with Gasteiger partial charge in [0.2, 0.25) is 5.91 Å². The maximum absolute atomic E-state index is 10.9. The zero-order valence-electron chi connectivity index (χ0n) is 7.28. The topological polar surface area (TPSA) is 86.2 Å². The summed E-state index contributed by atoms with van der Waals surface area (Å²) in [5.74, 6) is -0.599. The number of nitro benzene ring substituents is 1. The molecule has 0 heterocycles. The number of primary amides is 1. The van der Waals surface area contributed by atoms with Gasteiger partial charge in [0.1, 0.15) is 0 Å². The molecule has 0 fully saturated rings. The van der Waals surface area contributed by atoms with Crippen molar-refractivity contribution in [2.45, 2.75) is 6.92 Å². The smallest absolute Gasteiger partial charge is 0.283 e. The summed E-state index contributed by atoms with van der Waals surface area (Å²) >= 11 is 3.00. The zero-order valence-corrected chi connectivity index (χ0v) is 8.87. The maximum Gasteiger partial charge on any atom is 0.283 e. The van der Waals surface area contributed by atoms with Gasteiger partial charge in [-0.05, 0) is 34.5 Å². The predicted octanol–water partition coefficient (Wildman–Crippen LogP) is 1.76. The minimum absolute atomic E-state index is 0.0764. The van der Waals surface area contributed by atoms with Crippen LogP contribution in [-0.2, 0) is 0 Å². The number of nitro groups is 1. The van der Waals surface area contributed by atoms with E-state index in [1.54, 1.807) is 6.92 Å². The molecule has 6 heteroatoms. The third-order valence-corrected chi connectivity index (χ3v) is 2.39. The number of hydrogen-bond acceptors (Lipinski definition) is 3. The number of nitrogens with two attached hydrogens (primary N) is 1. The SMILES string of the molecule is Cc1cc([N+](=O)[O-])c(Br)cc1C(N)=O. The van der Waals surface area contributed by atoms with E-state index in [0.29, 0.717) is 5.56 Å². The monoisotopic (exact) mass is 258 g/mol. The van der Waals surface area contributed by atoms with Gasteiger partial charge in [-0.3, -0.25) is 14.9 Å². The summed E-state index contributed by atoms with van der Waals surface area (Å²) in [5, 5.41) is 10.5. The van der Waals surface area contributed by atoms with E-state index in [1.807, 2.05) is 0 Å². The predicted molar refractivity (Wildman–Crippen MR) is 54.1 cm³/mol. The van der Waals surface area contributed by atoms with Gasteiger partial charge in [-0.2, -0.15) is 0 Å². The number of nitrogens with zero attached hydrogens (tertiary/aromatic N) is 1. The normalized spacial score (nSPS) is 9.86. The van der Waals surface area contributed by atoms with Crippen molar-refractivity contribution in [1.29, 1.82) is 0 Å². The molecule has 0 aromatic heterocycles. The highest BCUT2D eigenvalue weighted by Crippen LogP contribution is 2.27. The lowest BCUT2D eigenvalue weighted by Gasteiger charge is -2.02. The number of benzene rings is 1. The van der Waals surface area contributed by atoms with Crippen molar-refractivity contribution in [2.24, 2.45) is 5.73 Å². The number of rotatable bonds is 2. The van der Waals surface area contributed by atoms with Gasteiger partial charge in [0.15, 0.2) is 0 Å². The summed E-state index contributed by atoms with van der Waals surface area (Å²) in [6, 6.07) is 2.67. The van der Waals surface area contributed by atoms with Gasteiger partial charge >= 0.3 is 0 Å². The number of aryl methyl sites for hydroxylation is 1. The molecule has 0 aliphatic rings. The van der Waals surface area contributed by atoms with Crippen LogP contribution < -0.4 is 5.73 Å². The molecule has 5 nitrogen and oxygen atoms in total. The second-order valence-electron chi connectivity index (χ2n) is 2.74. The highest BCUT2D eigenvalue weighted by atomic mass is 79.9. The molecule has 0 aliphatic heterocycles. The summed E-state index contributed by atoms with van der Waals surface area (Å²) in [5.41, 5.74) is 5.78. The van der Waals surface area contributed by atoms with Crippen LogP contribution in [-0.4, -0.2) is 10.8 Å². The van der Waals surface area contributed by atoms with Crippen LogP contribution in [0.5, 0.6) is 0 Å². The van der Waals surface area contributed by atoms with Crippen molar-refractivity contribution in [3.63, 3.8) is 0 Å². The summed E-state index contributed by atoms with van der Waals surface area (Å²) in [7, 11) is 0. The van der Waals surface area contributed by atoms with Gasteiger partial charge in [0.25, 0.3) is 5.69 Å². The lowest BCUT2D eigenvalue weighted by Crippen LogP contribution is -2.13. The minimum Gasteiger partial charge on any atom is -0.366 e. The summed E-state index contributed by atoms with van der Waals surface area (Å²) in [4.78, 5) is 20.9. The quantitative estimate of drug-likeness (QED) is 0.648. The van der Waals surface area contributed by atoms with E-state index in [1.165, 1.54) is 12.1 Å². The number of amides is 1. The van der Waals surface area contributed by atoms with Gasteiger partial charge in [0, 0.05) is 11.6 Å². The summed E-state index contributed by atoms with van der Waals surface area (Å²) in [6.45, 7) is 1.60. The molecule has 1 rings (SSSR count).